The average molecular weight is 575 g/mol. The number of aliphatic hydroxyl groups is 1. The zero-order chi connectivity index (χ0) is 27.2. The Hall–Kier alpha value is -2.62. The van der Waals surface area contributed by atoms with Gasteiger partial charge in [0.15, 0.2) is 9.84 Å². The Morgan fingerprint density at radius 2 is 1.76 bits per heavy atom. The lowest BCUT2D eigenvalue weighted by molar-refractivity contribution is -0.110. The Kier molecular flexibility index (Phi) is 7.46. The number of fused-ring (bicyclic) bond motifs is 1. The Morgan fingerprint density at radius 1 is 1.08 bits per heavy atom. The van der Waals surface area contributed by atoms with E-state index in [4.69, 9.17) is 23.2 Å². The summed E-state index contributed by atoms with van der Waals surface area (Å²) in [5.41, 5.74) is 5.86. The van der Waals surface area contributed by atoms with Gasteiger partial charge in [-0.15, -0.1) is 0 Å². The lowest BCUT2D eigenvalue weighted by atomic mass is 10.0. The standard InChI is InChI=1S/C28H29Cl2N3O4S/c1-16-22(14-33-10-8-18(34)9-11-33)17(2)31-27(16)13-21-20-12-19(6-7-26(20)32-28(21)35)38(36,37)15-23-24(29)4-3-5-25(23)30/h3-7,12-13,18,31,34H,8-11,14-15H2,1-2H3,(H,32,35)/b21-13-. The van der Waals surface area contributed by atoms with Crippen molar-refractivity contribution in [3.63, 3.8) is 0 Å². The third-order valence-electron chi connectivity index (χ3n) is 7.39. The van der Waals surface area contributed by atoms with Crippen molar-refractivity contribution in [3.8, 4) is 0 Å². The van der Waals surface area contributed by atoms with Gasteiger partial charge in [0.2, 0.25) is 0 Å². The number of aryl methyl sites for hydroxylation is 1. The monoisotopic (exact) mass is 573 g/mol. The number of anilines is 1. The van der Waals surface area contributed by atoms with Crippen molar-refractivity contribution in [1.82, 2.24) is 9.88 Å². The van der Waals surface area contributed by atoms with Crippen LogP contribution in [0.2, 0.25) is 10.0 Å². The molecule has 0 saturated carbocycles. The smallest absolute Gasteiger partial charge is 0.256 e. The van der Waals surface area contributed by atoms with E-state index in [-0.39, 0.29) is 32.7 Å². The minimum absolute atomic E-state index is 0.0852. The van der Waals surface area contributed by atoms with E-state index in [1.807, 2.05) is 13.8 Å². The highest BCUT2D eigenvalue weighted by atomic mass is 35.5. The first-order valence-electron chi connectivity index (χ1n) is 12.4. The highest BCUT2D eigenvalue weighted by molar-refractivity contribution is 7.90. The molecule has 0 spiro atoms. The summed E-state index contributed by atoms with van der Waals surface area (Å²) in [6, 6.07) is 9.50. The Balaban J connectivity index is 1.46. The summed E-state index contributed by atoms with van der Waals surface area (Å²) in [6.45, 7) is 6.48. The van der Waals surface area contributed by atoms with Crippen LogP contribution in [-0.4, -0.2) is 48.5 Å². The number of sulfone groups is 1. The molecule has 1 aromatic heterocycles. The van der Waals surface area contributed by atoms with Crippen LogP contribution in [0.1, 0.15) is 46.5 Å². The Labute approximate surface area is 232 Å². The molecule has 5 rings (SSSR count). The van der Waals surface area contributed by atoms with E-state index in [1.54, 1.807) is 30.3 Å². The van der Waals surface area contributed by atoms with Gasteiger partial charge in [-0.2, -0.15) is 0 Å². The second kappa shape index (κ2) is 10.5. The number of carbonyl (C=O) groups excluding carboxylic acids is 1. The molecule has 3 heterocycles. The number of amides is 1. The maximum atomic E-state index is 13.3. The molecule has 3 N–H and O–H groups in total. The lowest BCUT2D eigenvalue weighted by Crippen LogP contribution is -2.35. The predicted octanol–water partition coefficient (Wildman–Crippen LogP) is 5.36. The Morgan fingerprint density at radius 3 is 2.45 bits per heavy atom. The molecule has 10 heteroatoms. The van der Waals surface area contributed by atoms with Crippen molar-refractivity contribution < 1.29 is 18.3 Å². The van der Waals surface area contributed by atoms with Gasteiger partial charge >= 0.3 is 0 Å². The van der Waals surface area contributed by atoms with E-state index in [0.29, 0.717) is 22.4 Å². The number of rotatable bonds is 6. The van der Waals surface area contributed by atoms with Crippen molar-refractivity contribution in [2.24, 2.45) is 0 Å². The molecule has 2 aliphatic rings. The molecule has 0 unspecified atom stereocenters. The van der Waals surface area contributed by atoms with Crippen molar-refractivity contribution in [2.75, 3.05) is 18.4 Å². The third kappa shape index (κ3) is 5.28. The molecule has 38 heavy (non-hydrogen) atoms. The van der Waals surface area contributed by atoms with Crippen LogP contribution in [0.5, 0.6) is 0 Å². The first-order valence-corrected chi connectivity index (χ1v) is 14.9. The van der Waals surface area contributed by atoms with Crippen molar-refractivity contribution in [2.45, 2.75) is 50.0 Å². The van der Waals surface area contributed by atoms with Crippen molar-refractivity contribution >= 4 is 56.3 Å². The zero-order valence-corrected chi connectivity index (χ0v) is 23.5. The van der Waals surface area contributed by atoms with E-state index in [9.17, 15) is 18.3 Å². The number of hydrogen-bond donors (Lipinski definition) is 3. The summed E-state index contributed by atoms with van der Waals surface area (Å²) in [7, 11) is -3.79. The molecule has 1 fully saturated rings. The highest BCUT2D eigenvalue weighted by Gasteiger charge is 2.28. The summed E-state index contributed by atoms with van der Waals surface area (Å²) in [4.78, 5) is 18.7. The SMILES string of the molecule is Cc1[nH]c(/C=C2\C(=O)Nc3ccc(S(=O)(=O)Cc4c(Cl)cccc4Cl)cc32)c(C)c1CN1CCC(O)CC1. The van der Waals surface area contributed by atoms with Crippen LogP contribution in [0.25, 0.3) is 11.6 Å². The Bertz CT molecular complexity index is 1530. The number of carbonyl (C=O) groups is 1. The maximum absolute atomic E-state index is 13.3. The van der Waals surface area contributed by atoms with Gasteiger partial charge in [-0.05, 0) is 74.2 Å². The second-order valence-corrected chi connectivity index (χ2v) is 12.8. The lowest BCUT2D eigenvalue weighted by Gasteiger charge is -2.29. The van der Waals surface area contributed by atoms with Crippen molar-refractivity contribution in [1.29, 1.82) is 0 Å². The number of hydrogen-bond acceptors (Lipinski definition) is 5. The normalized spacial score (nSPS) is 17.7. The van der Waals surface area contributed by atoms with E-state index < -0.39 is 9.84 Å². The first-order chi connectivity index (χ1) is 18.0. The number of aromatic amines is 1. The predicted molar refractivity (Wildman–Crippen MR) is 151 cm³/mol. The zero-order valence-electron chi connectivity index (χ0n) is 21.1. The number of benzene rings is 2. The molecular weight excluding hydrogens is 545 g/mol. The van der Waals surface area contributed by atoms with E-state index >= 15 is 0 Å². The van der Waals surface area contributed by atoms with Crippen LogP contribution in [0.3, 0.4) is 0 Å². The number of aliphatic hydroxyl groups excluding tert-OH is 1. The molecule has 7 nitrogen and oxygen atoms in total. The second-order valence-electron chi connectivity index (χ2n) is 9.95. The van der Waals surface area contributed by atoms with Crippen LogP contribution in [0.15, 0.2) is 41.3 Å². The van der Waals surface area contributed by atoms with Gasteiger partial charge in [0.25, 0.3) is 5.91 Å². The quantitative estimate of drug-likeness (QED) is 0.344. The number of piperidine rings is 1. The number of likely N-dealkylation sites (tertiary alicyclic amines) is 1. The number of nitrogens with zero attached hydrogens (tertiary/aromatic N) is 1. The average Bonchev–Trinajstić information content (AvgIpc) is 3.32. The molecule has 0 bridgehead atoms. The minimum atomic E-state index is -3.79. The maximum Gasteiger partial charge on any atom is 0.256 e. The molecule has 0 radical (unpaired) electrons. The van der Waals surface area contributed by atoms with Crippen LogP contribution in [0.4, 0.5) is 5.69 Å². The third-order valence-corrected chi connectivity index (χ3v) is 9.74. The molecule has 3 aromatic rings. The summed E-state index contributed by atoms with van der Waals surface area (Å²) in [5.74, 6) is -0.641. The number of aromatic nitrogens is 1. The van der Waals surface area contributed by atoms with Crippen molar-refractivity contribution in [3.05, 3.63) is 80.1 Å². The molecule has 0 atom stereocenters. The fraction of sp³-hybridized carbons (Fsp3) is 0.321. The number of nitrogens with one attached hydrogen (secondary N) is 2. The fourth-order valence-corrected chi connectivity index (χ4v) is 7.21. The number of H-pyrrole nitrogens is 1. The topological polar surface area (TPSA) is 102 Å². The summed E-state index contributed by atoms with van der Waals surface area (Å²) >= 11 is 12.4. The molecule has 0 aliphatic carbocycles. The molecule has 2 aromatic carbocycles. The highest BCUT2D eigenvalue weighted by Crippen LogP contribution is 2.37. The van der Waals surface area contributed by atoms with Gasteiger partial charge in [0.1, 0.15) is 0 Å². The van der Waals surface area contributed by atoms with Gasteiger partial charge in [-0.25, -0.2) is 8.42 Å². The first kappa shape index (κ1) is 27.0. The van der Waals surface area contributed by atoms with Crippen LogP contribution < -0.4 is 5.32 Å². The van der Waals surface area contributed by atoms with Gasteiger partial charge in [-0.3, -0.25) is 9.69 Å². The molecule has 1 amide bonds. The molecule has 200 valence electrons. The summed E-state index contributed by atoms with van der Waals surface area (Å²) in [6.07, 6.45) is 3.10. The van der Waals surface area contributed by atoms with Gasteiger partial charge in [0, 0.05) is 57.9 Å². The largest absolute Gasteiger partial charge is 0.393 e. The molecule has 1 saturated heterocycles. The van der Waals surface area contributed by atoms with Crippen LogP contribution >= 0.6 is 23.2 Å². The van der Waals surface area contributed by atoms with Gasteiger partial charge in [-0.1, -0.05) is 29.3 Å². The molecule has 2 aliphatic heterocycles. The number of halogens is 2. The van der Waals surface area contributed by atoms with E-state index in [2.05, 4.69) is 15.2 Å². The van der Waals surface area contributed by atoms with Crippen LogP contribution in [-0.2, 0) is 26.9 Å². The molecular formula is C28H29Cl2N3O4S. The van der Waals surface area contributed by atoms with Crippen LogP contribution in [0, 0.1) is 13.8 Å². The van der Waals surface area contributed by atoms with E-state index in [0.717, 1.165) is 49.4 Å². The minimum Gasteiger partial charge on any atom is -0.393 e. The van der Waals surface area contributed by atoms with Gasteiger partial charge in [0.05, 0.1) is 22.3 Å². The summed E-state index contributed by atoms with van der Waals surface area (Å²) < 4.78 is 26.6. The fourth-order valence-electron chi connectivity index (χ4n) is 5.09. The summed E-state index contributed by atoms with van der Waals surface area (Å²) in [5, 5.41) is 13.2. The van der Waals surface area contributed by atoms with Gasteiger partial charge < -0.3 is 15.4 Å². The van der Waals surface area contributed by atoms with E-state index in [1.165, 1.54) is 17.7 Å².